The van der Waals surface area contributed by atoms with Gasteiger partial charge in [-0.15, -0.1) is 0 Å². The van der Waals surface area contributed by atoms with E-state index in [0.717, 1.165) is 15.9 Å². The Morgan fingerprint density at radius 2 is 2.06 bits per heavy atom. The number of anilines is 1. The van der Waals surface area contributed by atoms with E-state index in [2.05, 4.69) is 26.2 Å². The van der Waals surface area contributed by atoms with Gasteiger partial charge in [-0.3, -0.25) is 0 Å². The second kappa shape index (κ2) is 5.48. The predicted octanol–water partition coefficient (Wildman–Crippen LogP) is 4.46. The van der Waals surface area contributed by atoms with E-state index in [0.29, 0.717) is 5.56 Å². The van der Waals surface area contributed by atoms with Crippen molar-refractivity contribution in [1.29, 1.82) is 0 Å². The highest BCUT2D eigenvalue weighted by Crippen LogP contribution is 2.23. The quantitative estimate of drug-likeness (QED) is 0.905. The van der Waals surface area contributed by atoms with Crippen molar-refractivity contribution >= 4 is 21.7 Å². The molecular weight excluding hydrogens is 295 g/mol. The lowest BCUT2D eigenvalue weighted by atomic mass is 10.1. The van der Waals surface area contributed by atoms with Gasteiger partial charge in [0.2, 0.25) is 0 Å². The molecule has 1 unspecified atom stereocenters. The molecule has 1 aromatic carbocycles. The molecule has 94 valence electrons. The SMILES string of the molecule is Cc1cc(Br)cnc1NC(C)c1ccccc1F. The molecule has 0 aliphatic carbocycles. The van der Waals surface area contributed by atoms with Crippen LogP contribution in [0.1, 0.15) is 24.1 Å². The molecule has 0 amide bonds. The van der Waals surface area contributed by atoms with Gasteiger partial charge in [-0.1, -0.05) is 18.2 Å². The van der Waals surface area contributed by atoms with E-state index in [4.69, 9.17) is 0 Å². The molecule has 0 fully saturated rings. The topological polar surface area (TPSA) is 24.9 Å². The Bertz CT molecular complexity index is 557. The lowest BCUT2D eigenvalue weighted by molar-refractivity contribution is 0.600. The molecule has 2 rings (SSSR count). The fourth-order valence-corrected chi connectivity index (χ4v) is 2.25. The van der Waals surface area contributed by atoms with E-state index in [1.54, 1.807) is 18.3 Å². The number of hydrogen-bond donors (Lipinski definition) is 1. The first-order valence-corrected chi connectivity index (χ1v) is 6.50. The van der Waals surface area contributed by atoms with Crippen LogP contribution in [0.4, 0.5) is 10.2 Å². The maximum atomic E-state index is 13.6. The fraction of sp³-hybridized carbons (Fsp3) is 0.214. The zero-order valence-corrected chi connectivity index (χ0v) is 11.8. The summed E-state index contributed by atoms with van der Waals surface area (Å²) >= 11 is 3.37. The number of hydrogen-bond acceptors (Lipinski definition) is 2. The van der Waals surface area contributed by atoms with Gasteiger partial charge in [-0.25, -0.2) is 9.37 Å². The Morgan fingerprint density at radius 1 is 1.33 bits per heavy atom. The molecule has 1 aromatic heterocycles. The maximum Gasteiger partial charge on any atom is 0.129 e. The number of aryl methyl sites for hydroxylation is 1. The summed E-state index contributed by atoms with van der Waals surface area (Å²) in [4.78, 5) is 4.29. The van der Waals surface area contributed by atoms with Gasteiger partial charge < -0.3 is 5.32 Å². The zero-order valence-electron chi connectivity index (χ0n) is 10.2. The third-order valence-corrected chi connectivity index (χ3v) is 3.20. The average molecular weight is 309 g/mol. The summed E-state index contributed by atoms with van der Waals surface area (Å²) in [5, 5.41) is 3.22. The Kier molecular flexibility index (Phi) is 3.97. The molecule has 0 saturated heterocycles. The molecule has 2 nitrogen and oxygen atoms in total. The summed E-state index contributed by atoms with van der Waals surface area (Å²) in [5.41, 5.74) is 1.66. The third-order valence-electron chi connectivity index (χ3n) is 2.77. The van der Waals surface area contributed by atoms with Gasteiger partial charge in [0.25, 0.3) is 0 Å². The highest BCUT2D eigenvalue weighted by molar-refractivity contribution is 9.10. The Labute approximate surface area is 114 Å². The van der Waals surface area contributed by atoms with Crippen molar-refractivity contribution < 1.29 is 4.39 Å². The maximum absolute atomic E-state index is 13.6. The average Bonchev–Trinajstić information content (AvgIpc) is 2.33. The highest BCUT2D eigenvalue weighted by atomic mass is 79.9. The van der Waals surface area contributed by atoms with Crippen LogP contribution in [-0.2, 0) is 0 Å². The van der Waals surface area contributed by atoms with Gasteiger partial charge in [0, 0.05) is 16.2 Å². The van der Waals surface area contributed by atoms with Crippen LogP contribution in [0.5, 0.6) is 0 Å². The summed E-state index contributed by atoms with van der Waals surface area (Å²) in [6.45, 7) is 3.88. The number of pyridine rings is 1. The van der Waals surface area contributed by atoms with Crippen LogP contribution in [0.25, 0.3) is 0 Å². The van der Waals surface area contributed by atoms with E-state index >= 15 is 0 Å². The molecule has 0 aliphatic heterocycles. The number of nitrogens with zero attached hydrogens (tertiary/aromatic N) is 1. The monoisotopic (exact) mass is 308 g/mol. The first-order chi connectivity index (χ1) is 8.58. The number of nitrogens with one attached hydrogen (secondary N) is 1. The minimum Gasteiger partial charge on any atom is -0.363 e. The molecule has 0 radical (unpaired) electrons. The number of halogens is 2. The summed E-state index contributed by atoms with van der Waals surface area (Å²) in [6, 6.07) is 8.62. The predicted molar refractivity (Wildman–Crippen MR) is 75.1 cm³/mol. The van der Waals surface area contributed by atoms with Gasteiger partial charge in [-0.05, 0) is 47.5 Å². The molecule has 1 atom stereocenters. The molecule has 1 heterocycles. The summed E-state index contributed by atoms with van der Waals surface area (Å²) in [5.74, 6) is 0.571. The van der Waals surface area contributed by atoms with Crippen LogP contribution in [0.2, 0.25) is 0 Å². The number of benzene rings is 1. The second-order valence-corrected chi connectivity index (χ2v) is 5.12. The van der Waals surface area contributed by atoms with Crippen molar-refractivity contribution in [1.82, 2.24) is 4.98 Å². The largest absolute Gasteiger partial charge is 0.363 e. The van der Waals surface area contributed by atoms with Crippen molar-refractivity contribution in [2.75, 3.05) is 5.32 Å². The Morgan fingerprint density at radius 3 is 2.72 bits per heavy atom. The highest BCUT2D eigenvalue weighted by Gasteiger charge is 2.11. The third kappa shape index (κ3) is 2.88. The normalized spacial score (nSPS) is 12.2. The first kappa shape index (κ1) is 13.0. The van der Waals surface area contributed by atoms with E-state index in [1.807, 2.05) is 26.0 Å². The van der Waals surface area contributed by atoms with Crippen LogP contribution in [0.3, 0.4) is 0 Å². The van der Waals surface area contributed by atoms with Gasteiger partial charge in [0.1, 0.15) is 11.6 Å². The van der Waals surface area contributed by atoms with Gasteiger partial charge in [0.05, 0.1) is 6.04 Å². The number of aromatic nitrogens is 1. The number of rotatable bonds is 3. The zero-order chi connectivity index (χ0) is 13.1. The minimum absolute atomic E-state index is 0.126. The van der Waals surface area contributed by atoms with Crippen molar-refractivity contribution in [2.45, 2.75) is 19.9 Å². The molecule has 2 aromatic rings. The summed E-state index contributed by atoms with van der Waals surface area (Å²) in [7, 11) is 0. The molecule has 0 aliphatic rings. The molecule has 0 saturated carbocycles. The molecule has 1 N–H and O–H groups in total. The summed E-state index contributed by atoms with van der Waals surface area (Å²) < 4.78 is 14.6. The van der Waals surface area contributed by atoms with Crippen molar-refractivity contribution in [3.05, 3.63) is 57.9 Å². The van der Waals surface area contributed by atoms with Gasteiger partial charge in [0.15, 0.2) is 0 Å². The fourth-order valence-electron chi connectivity index (χ4n) is 1.80. The van der Waals surface area contributed by atoms with E-state index < -0.39 is 0 Å². The van der Waals surface area contributed by atoms with Crippen LogP contribution >= 0.6 is 15.9 Å². The molecule has 0 spiro atoms. The van der Waals surface area contributed by atoms with Gasteiger partial charge in [-0.2, -0.15) is 0 Å². The molecule has 4 heteroatoms. The lowest BCUT2D eigenvalue weighted by Gasteiger charge is -2.17. The standard InChI is InChI=1S/C14H14BrFN2/c1-9-7-11(15)8-17-14(9)18-10(2)12-5-3-4-6-13(12)16/h3-8,10H,1-2H3,(H,17,18). The molecule has 0 bridgehead atoms. The van der Waals surface area contributed by atoms with Crippen LogP contribution in [0.15, 0.2) is 41.0 Å². The summed E-state index contributed by atoms with van der Waals surface area (Å²) in [6.07, 6.45) is 1.73. The first-order valence-electron chi connectivity index (χ1n) is 5.71. The Hall–Kier alpha value is -1.42. The molecular formula is C14H14BrFN2. The van der Waals surface area contributed by atoms with Gasteiger partial charge >= 0.3 is 0 Å². The van der Waals surface area contributed by atoms with Crippen LogP contribution < -0.4 is 5.32 Å². The van der Waals surface area contributed by atoms with Crippen LogP contribution in [0, 0.1) is 12.7 Å². The minimum atomic E-state index is -0.202. The second-order valence-electron chi connectivity index (χ2n) is 4.21. The molecule has 18 heavy (non-hydrogen) atoms. The van der Waals surface area contributed by atoms with Crippen molar-refractivity contribution in [2.24, 2.45) is 0 Å². The van der Waals surface area contributed by atoms with Crippen LogP contribution in [-0.4, -0.2) is 4.98 Å². The van der Waals surface area contributed by atoms with Crippen molar-refractivity contribution in [3.63, 3.8) is 0 Å². The van der Waals surface area contributed by atoms with E-state index in [-0.39, 0.29) is 11.9 Å². The Balaban J connectivity index is 2.21. The lowest BCUT2D eigenvalue weighted by Crippen LogP contribution is -2.10. The van der Waals surface area contributed by atoms with E-state index in [1.165, 1.54) is 6.07 Å². The smallest absolute Gasteiger partial charge is 0.129 e. The van der Waals surface area contributed by atoms with E-state index in [9.17, 15) is 4.39 Å². The van der Waals surface area contributed by atoms with Crippen molar-refractivity contribution in [3.8, 4) is 0 Å².